The molecule has 7 nitrogen and oxygen atoms in total. The molecule has 0 aliphatic carbocycles. The van der Waals surface area contributed by atoms with E-state index >= 15 is 0 Å². The van der Waals surface area contributed by atoms with Gasteiger partial charge in [-0.05, 0) is 45.0 Å². The SMILES string of the molecule is CCn1c(CN2CCC(C(=O)N3CCN(CCO)CC3)CC2)nc2ccccc21. The third-order valence-corrected chi connectivity index (χ3v) is 6.45. The number of β-amino-alcohol motifs (C(OH)–C–C–N with tert-alkyl or cyclic N) is 1. The van der Waals surface area contributed by atoms with Crippen LogP contribution in [0.1, 0.15) is 25.6 Å². The maximum absolute atomic E-state index is 12.9. The number of imidazole rings is 1. The predicted octanol–water partition coefficient (Wildman–Crippen LogP) is 1.40. The van der Waals surface area contributed by atoms with Crippen LogP contribution < -0.4 is 0 Å². The minimum Gasteiger partial charge on any atom is -0.395 e. The van der Waals surface area contributed by atoms with Crippen molar-refractivity contribution < 1.29 is 9.90 Å². The average molecular weight is 400 g/mol. The van der Waals surface area contributed by atoms with Gasteiger partial charge in [0.15, 0.2) is 0 Å². The largest absolute Gasteiger partial charge is 0.395 e. The maximum Gasteiger partial charge on any atom is 0.225 e. The Morgan fingerprint density at radius 2 is 1.79 bits per heavy atom. The van der Waals surface area contributed by atoms with E-state index in [1.807, 2.05) is 11.0 Å². The Bertz CT molecular complexity index is 820. The molecule has 0 radical (unpaired) electrons. The van der Waals surface area contributed by atoms with Crippen LogP contribution in [0, 0.1) is 5.92 Å². The molecule has 3 heterocycles. The number of carbonyl (C=O) groups is 1. The fourth-order valence-electron chi connectivity index (χ4n) is 4.73. The molecule has 2 aliphatic rings. The lowest BCUT2D eigenvalue weighted by Crippen LogP contribution is -2.52. The van der Waals surface area contributed by atoms with E-state index in [-0.39, 0.29) is 12.5 Å². The molecule has 4 rings (SSSR count). The zero-order valence-electron chi connectivity index (χ0n) is 17.5. The number of likely N-dealkylation sites (tertiary alicyclic amines) is 1. The van der Waals surface area contributed by atoms with Gasteiger partial charge in [0.2, 0.25) is 5.91 Å². The number of piperidine rings is 1. The van der Waals surface area contributed by atoms with E-state index in [0.29, 0.717) is 12.5 Å². The molecule has 2 saturated heterocycles. The highest BCUT2D eigenvalue weighted by Gasteiger charge is 2.30. The molecule has 0 spiro atoms. The minimum atomic E-state index is 0.153. The Labute approximate surface area is 172 Å². The highest BCUT2D eigenvalue weighted by atomic mass is 16.3. The lowest BCUT2D eigenvalue weighted by molar-refractivity contribution is -0.139. The van der Waals surface area contributed by atoms with Crippen molar-refractivity contribution in [3.05, 3.63) is 30.1 Å². The summed E-state index contributed by atoms with van der Waals surface area (Å²) < 4.78 is 2.30. The van der Waals surface area contributed by atoms with E-state index in [2.05, 4.69) is 39.5 Å². The number of aliphatic hydroxyl groups is 1. The van der Waals surface area contributed by atoms with E-state index < -0.39 is 0 Å². The van der Waals surface area contributed by atoms with Gasteiger partial charge in [0, 0.05) is 45.2 Å². The Hall–Kier alpha value is -1.96. The lowest BCUT2D eigenvalue weighted by Gasteiger charge is -2.38. The van der Waals surface area contributed by atoms with Gasteiger partial charge in [0.1, 0.15) is 5.82 Å². The van der Waals surface area contributed by atoms with E-state index in [1.54, 1.807) is 0 Å². The second kappa shape index (κ2) is 9.24. The van der Waals surface area contributed by atoms with Gasteiger partial charge < -0.3 is 14.6 Å². The molecule has 1 aromatic heterocycles. The van der Waals surface area contributed by atoms with Crippen LogP contribution in [-0.4, -0.2) is 87.7 Å². The van der Waals surface area contributed by atoms with Gasteiger partial charge in [-0.15, -0.1) is 0 Å². The lowest BCUT2D eigenvalue weighted by atomic mass is 9.95. The Balaban J connectivity index is 1.30. The number of aromatic nitrogens is 2. The molecule has 1 amide bonds. The van der Waals surface area contributed by atoms with E-state index in [0.717, 1.165) is 76.5 Å². The number of nitrogens with zero attached hydrogens (tertiary/aromatic N) is 5. The molecule has 0 bridgehead atoms. The summed E-state index contributed by atoms with van der Waals surface area (Å²) in [5, 5.41) is 9.07. The van der Waals surface area contributed by atoms with Crippen molar-refractivity contribution in [2.75, 3.05) is 52.4 Å². The van der Waals surface area contributed by atoms with Crippen LogP contribution in [0.3, 0.4) is 0 Å². The van der Waals surface area contributed by atoms with Gasteiger partial charge in [-0.3, -0.25) is 14.6 Å². The highest BCUT2D eigenvalue weighted by molar-refractivity contribution is 5.79. The number of para-hydroxylation sites is 2. The van der Waals surface area contributed by atoms with Crippen LogP contribution in [0.5, 0.6) is 0 Å². The molecule has 0 atom stereocenters. The second-order valence-electron chi connectivity index (χ2n) is 8.20. The van der Waals surface area contributed by atoms with E-state index in [1.165, 1.54) is 5.52 Å². The van der Waals surface area contributed by atoms with Crippen molar-refractivity contribution in [3.63, 3.8) is 0 Å². The van der Waals surface area contributed by atoms with Crippen LogP contribution in [0.25, 0.3) is 11.0 Å². The van der Waals surface area contributed by atoms with Crippen molar-refractivity contribution in [2.45, 2.75) is 32.9 Å². The minimum absolute atomic E-state index is 0.153. The molecule has 0 saturated carbocycles. The number of aryl methyl sites for hydroxylation is 1. The first-order chi connectivity index (χ1) is 14.2. The summed E-state index contributed by atoms with van der Waals surface area (Å²) >= 11 is 0. The van der Waals surface area contributed by atoms with Crippen LogP contribution in [0.4, 0.5) is 0 Å². The van der Waals surface area contributed by atoms with Crippen molar-refractivity contribution in [3.8, 4) is 0 Å². The first-order valence-corrected chi connectivity index (χ1v) is 11.0. The maximum atomic E-state index is 12.9. The smallest absolute Gasteiger partial charge is 0.225 e. The van der Waals surface area contributed by atoms with Crippen LogP contribution in [0.15, 0.2) is 24.3 Å². The first-order valence-electron chi connectivity index (χ1n) is 11.0. The van der Waals surface area contributed by atoms with Crippen LogP contribution in [0.2, 0.25) is 0 Å². The number of hydrogen-bond acceptors (Lipinski definition) is 5. The fourth-order valence-corrected chi connectivity index (χ4v) is 4.73. The third kappa shape index (κ3) is 4.47. The standard InChI is InChI=1S/C22H33N5O2/c1-2-27-20-6-4-3-5-19(20)23-21(27)17-25-9-7-18(8-10-25)22(29)26-13-11-24(12-14-26)15-16-28/h3-6,18,28H,2,7-17H2,1H3. The summed E-state index contributed by atoms with van der Waals surface area (Å²) in [7, 11) is 0. The summed E-state index contributed by atoms with van der Waals surface area (Å²) in [6.45, 7) is 10.1. The molecule has 1 aromatic carbocycles. The molecule has 2 fully saturated rings. The summed E-state index contributed by atoms with van der Waals surface area (Å²) in [6, 6.07) is 8.33. The van der Waals surface area contributed by atoms with Gasteiger partial charge >= 0.3 is 0 Å². The molecule has 1 N–H and O–H groups in total. The molecule has 7 heteroatoms. The number of amides is 1. The normalized spacial score (nSPS) is 19.9. The molecular weight excluding hydrogens is 366 g/mol. The fraction of sp³-hybridized carbons (Fsp3) is 0.636. The molecule has 2 aromatic rings. The number of carbonyl (C=O) groups excluding carboxylic acids is 1. The van der Waals surface area contributed by atoms with Crippen LogP contribution in [-0.2, 0) is 17.9 Å². The van der Waals surface area contributed by atoms with Gasteiger partial charge in [-0.2, -0.15) is 0 Å². The summed E-state index contributed by atoms with van der Waals surface area (Å²) in [5.41, 5.74) is 2.27. The van der Waals surface area contributed by atoms with E-state index in [4.69, 9.17) is 10.1 Å². The molecule has 29 heavy (non-hydrogen) atoms. The number of piperazine rings is 1. The zero-order chi connectivity index (χ0) is 20.2. The van der Waals surface area contributed by atoms with Crippen molar-refractivity contribution in [1.82, 2.24) is 24.3 Å². The van der Waals surface area contributed by atoms with E-state index in [9.17, 15) is 4.79 Å². The van der Waals surface area contributed by atoms with Gasteiger partial charge in [0.25, 0.3) is 0 Å². The number of fused-ring (bicyclic) bond motifs is 1. The predicted molar refractivity (Wildman–Crippen MR) is 114 cm³/mol. The number of rotatable bonds is 6. The Morgan fingerprint density at radius 1 is 1.07 bits per heavy atom. The third-order valence-electron chi connectivity index (χ3n) is 6.45. The average Bonchev–Trinajstić information content (AvgIpc) is 3.11. The monoisotopic (exact) mass is 399 g/mol. The van der Waals surface area contributed by atoms with Crippen molar-refractivity contribution in [1.29, 1.82) is 0 Å². The molecule has 0 unspecified atom stereocenters. The highest BCUT2D eigenvalue weighted by Crippen LogP contribution is 2.23. The summed E-state index contributed by atoms with van der Waals surface area (Å²) in [6.07, 6.45) is 1.87. The summed E-state index contributed by atoms with van der Waals surface area (Å²) in [5.74, 6) is 1.60. The van der Waals surface area contributed by atoms with Crippen molar-refractivity contribution >= 4 is 16.9 Å². The number of benzene rings is 1. The van der Waals surface area contributed by atoms with Gasteiger partial charge in [0.05, 0.1) is 24.2 Å². The topological polar surface area (TPSA) is 64.8 Å². The molecule has 158 valence electrons. The Kier molecular flexibility index (Phi) is 6.47. The number of hydrogen-bond donors (Lipinski definition) is 1. The first kappa shape index (κ1) is 20.3. The van der Waals surface area contributed by atoms with Gasteiger partial charge in [-0.1, -0.05) is 12.1 Å². The van der Waals surface area contributed by atoms with Crippen molar-refractivity contribution in [2.24, 2.45) is 5.92 Å². The Morgan fingerprint density at radius 3 is 2.48 bits per heavy atom. The quantitative estimate of drug-likeness (QED) is 0.796. The zero-order valence-corrected chi connectivity index (χ0v) is 17.5. The molecule has 2 aliphatic heterocycles. The van der Waals surface area contributed by atoms with Crippen LogP contribution >= 0.6 is 0 Å². The molecular formula is C22H33N5O2. The second-order valence-corrected chi connectivity index (χ2v) is 8.20. The van der Waals surface area contributed by atoms with Gasteiger partial charge in [-0.25, -0.2) is 4.98 Å². The number of aliphatic hydroxyl groups excluding tert-OH is 1. The summed E-state index contributed by atoms with van der Waals surface area (Å²) in [4.78, 5) is 24.5.